The molecule has 0 unspecified atom stereocenters. The zero-order valence-electron chi connectivity index (χ0n) is 10.3. The van der Waals surface area contributed by atoms with Crippen LogP contribution in [0.1, 0.15) is 15.9 Å². The van der Waals surface area contributed by atoms with Gasteiger partial charge >= 0.3 is 0 Å². The number of hydrogen-bond acceptors (Lipinski definition) is 8. The smallest absolute Gasteiger partial charge is 0.205 e. The predicted octanol–water partition coefficient (Wildman–Crippen LogP) is 0.857. The summed E-state index contributed by atoms with van der Waals surface area (Å²) in [4.78, 5) is 12.2. The standard InChI is InChI=1S/C13H10O8/c14-5-1-2-6(15)11(19)8(5)9(17)4-3-7(16)12(20)13(21)10(4)18/h1-3,14-16,18-21H. The van der Waals surface area contributed by atoms with Crippen molar-refractivity contribution < 1.29 is 40.5 Å². The fourth-order valence-electron chi connectivity index (χ4n) is 1.74. The number of phenols is 7. The summed E-state index contributed by atoms with van der Waals surface area (Å²) in [6.45, 7) is 0. The monoisotopic (exact) mass is 294 g/mol. The van der Waals surface area contributed by atoms with Gasteiger partial charge in [0.1, 0.15) is 11.3 Å². The van der Waals surface area contributed by atoms with Crippen LogP contribution in [-0.2, 0) is 0 Å². The summed E-state index contributed by atoms with van der Waals surface area (Å²) in [5.74, 6) is -7.64. The molecular formula is C13H10O8. The Morgan fingerprint density at radius 1 is 0.667 bits per heavy atom. The molecule has 0 saturated carbocycles. The molecule has 8 heteroatoms. The molecule has 0 aliphatic heterocycles. The Bertz CT molecular complexity index is 751. The number of phenolic OH excluding ortho intramolecular Hbond substituents is 7. The fraction of sp³-hybridized carbons (Fsp3) is 0. The van der Waals surface area contributed by atoms with Crippen molar-refractivity contribution in [3.05, 3.63) is 29.3 Å². The second-order valence-corrected chi connectivity index (χ2v) is 4.15. The van der Waals surface area contributed by atoms with Crippen LogP contribution in [0.4, 0.5) is 0 Å². The molecule has 2 rings (SSSR count). The molecule has 2 aromatic carbocycles. The Kier molecular flexibility index (Phi) is 3.14. The summed E-state index contributed by atoms with van der Waals surface area (Å²) in [5, 5.41) is 66.1. The van der Waals surface area contributed by atoms with Gasteiger partial charge in [-0.05, 0) is 18.2 Å². The van der Waals surface area contributed by atoms with Crippen molar-refractivity contribution in [2.75, 3.05) is 0 Å². The molecule has 0 radical (unpaired) electrons. The Labute approximate surface area is 117 Å². The minimum Gasteiger partial charge on any atom is -0.507 e. The Balaban J connectivity index is 2.70. The number of aromatic hydroxyl groups is 7. The van der Waals surface area contributed by atoms with E-state index in [1.165, 1.54) is 0 Å². The van der Waals surface area contributed by atoms with Crippen LogP contribution in [0, 0.1) is 0 Å². The molecule has 21 heavy (non-hydrogen) atoms. The summed E-state index contributed by atoms with van der Waals surface area (Å²) in [7, 11) is 0. The highest BCUT2D eigenvalue weighted by Crippen LogP contribution is 2.46. The molecule has 0 bridgehead atoms. The number of hydrogen-bond donors (Lipinski definition) is 7. The maximum absolute atomic E-state index is 12.2. The number of rotatable bonds is 2. The van der Waals surface area contributed by atoms with Crippen molar-refractivity contribution >= 4 is 5.78 Å². The van der Waals surface area contributed by atoms with Gasteiger partial charge in [-0.25, -0.2) is 0 Å². The van der Waals surface area contributed by atoms with Crippen molar-refractivity contribution in [2.45, 2.75) is 0 Å². The highest BCUT2D eigenvalue weighted by Gasteiger charge is 2.27. The summed E-state index contributed by atoms with van der Waals surface area (Å²) in [6.07, 6.45) is 0. The molecule has 2 aromatic rings. The minimum atomic E-state index is -1.19. The van der Waals surface area contributed by atoms with E-state index in [4.69, 9.17) is 0 Å². The van der Waals surface area contributed by atoms with Crippen molar-refractivity contribution in [2.24, 2.45) is 0 Å². The zero-order chi connectivity index (χ0) is 15.9. The first kappa shape index (κ1) is 14.1. The number of carbonyl (C=O) groups excluding carboxylic acids is 1. The largest absolute Gasteiger partial charge is 0.507 e. The van der Waals surface area contributed by atoms with E-state index in [0.717, 1.165) is 12.1 Å². The number of carbonyl (C=O) groups is 1. The molecule has 8 nitrogen and oxygen atoms in total. The number of benzene rings is 2. The third-order valence-corrected chi connectivity index (χ3v) is 2.83. The molecule has 0 atom stereocenters. The average molecular weight is 294 g/mol. The third-order valence-electron chi connectivity index (χ3n) is 2.83. The van der Waals surface area contributed by atoms with Crippen LogP contribution in [0.15, 0.2) is 18.2 Å². The predicted molar refractivity (Wildman–Crippen MR) is 68.0 cm³/mol. The quantitative estimate of drug-likeness (QED) is 0.244. The highest BCUT2D eigenvalue weighted by molar-refractivity contribution is 6.15. The van der Waals surface area contributed by atoms with Crippen LogP contribution < -0.4 is 0 Å². The van der Waals surface area contributed by atoms with Gasteiger partial charge in [-0.3, -0.25) is 4.79 Å². The molecule has 0 aliphatic rings. The van der Waals surface area contributed by atoms with Gasteiger partial charge in [0.2, 0.25) is 17.3 Å². The average Bonchev–Trinajstić information content (AvgIpc) is 2.44. The lowest BCUT2D eigenvalue weighted by Gasteiger charge is -2.11. The maximum Gasteiger partial charge on any atom is 0.205 e. The second-order valence-electron chi connectivity index (χ2n) is 4.15. The van der Waals surface area contributed by atoms with Crippen LogP contribution in [0.25, 0.3) is 0 Å². The van der Waals surface area contributed by atoms with Gasteiger partial charge in [0.15, 0.2) is 23.0 Å². The van der Waals surface area contributed by atoms with Gasteiger partial charge in [0.05, 0.1) is 5.56 Å². The Morgan fingerprint density at radius 3 is 1.86 bits per heavy atom. The molecule has 0 amide bonds. The van der Waals surface area contributed by atoms with E-state index in [9.17, 15) is 40.5 Å². The molecular weight excluding hydrogens is 284 g/mol. The molecule has 7 N–H and O–H groups in total. The maximum atomic E-state index is 12.2. The van der Waals surface area contributed by atoms with Gasteiger partial charge < -0.3 is 35.7 Å². The Morgan fingerprint density at radius 2 is 1.24 bits per heavy atom. The van der Waals surface area contributed by atoms with Gasteiger partial charge in [0, 0.05) is 0 Å². The minimum absolute atomic E-state index is 0.635. The van der Waals surface area contributed by atoms with Crippen molar-refractivity contribution in [1.29, 1.82) is 0 Å². The topological polar surface area (TPSA) is 159 Å². The van der Waals surface area contributed by atoms with Gasteiger partial charge in [-0.2, -0.15) is 0 Å². The molecule has 0 saturated heterocycles. The highest BCUT2D eigenvalue weighted by atomic mass is 16.3. The molecule has 110 valence electrons. The van der Waals surface area contributed by atoms with Gasteiger partial charge in [0.25, 0.3) is 0 Å². The van der Waals surface area contributed by atoms with E-state index in [0.29, 0.717) is 6.07 Å². The van der Waals surface area contributed by atoms with Crippen molar-refractivity contribution in [1.82, 2.24) is 0 Å². The molecule has 0 fully saturated rings. The first-order chi connectivity index (χ1) is 9.75. The first-order valence-electron chi connectivity index (χ1n) is 5.51. The summed E-state index contributed by atoms with van der Waals surface area (Å²) in [5.41, 5.74) is -1.44. The number of ketones is 1. The normalized spacial score (nSPS) is 10.5. The lowest BCUT2D eigenvalue weighted by molar-refractivity contribution is 0.102. The molecule has 0 aliphatic carbocycles. The summed E-state index contributed by atoms with van der Waals surface area (Å²) >= 11 is 0. The van der Waals surface area contributed by atoms with Crippen LogP contribution in [0.3, 0.4) is 0 Å². The molecule has 0 aromatic heterocycles. The van der Waals surface area contributed by atoms with Crippen LogP contribution in [-0.4, -0.2) is 41.5 Å². The van der Waals surface area contributed by atoms with E-state index in [1.807, 2.05) is 0 Å². The zero-order valence-corrected chi connectivity index (χ0v) is 10.3. The summed E-state index contributed by atoms with van der Waals surface area (Å²) in [6, 6.07) is 2.50. The van der Waals surface area contributed by atoms with E-state index in [-0.39, 0.29) is 0 Å². The van der Waals surface area contributed by atoms with Crippen molar-refractivity contribution in [3.8, 4) is 40.2 Å². The third kappa shape index (κ3) is 2.08. The molecule has 0 heterocycles. The van der Waals surface area contributed by atoms with Crippen molar-refractivity contribution in [3.63, 3.8) is 0 Å². The SMILES string of the molecule is O=C(c1cc(O)c(O)c(O)c1O)c1c(O)ccc(O)c1O. The second kappa shape index (κ2) is 4.67. The van der Waals surface area contributed by atoms with Crippen LogP contribution in [0.2, 0.25) is 0 Å². The van der Waals surface area contributed by atoms with E-state index in [1.54, 1.807) is 0 Å². The van der Waals surface area contributed by atoms with Gasteiger partial charge in [-0.1, -0.05) is 0 Å². The first-order valence-corrected chi connectivity index (χ1v) is 5.51. The lowest BCUT2D eigenvalue weighted by atomic mass is 9.99. The van der Waals surface area contributed by atoms with E-state index in [2.05, 4.69) is 0 Å². The Hall–Kier alpha value is -3.29. The van der Waals surface area contributed by atoms with Gasteiger partial charge in [-0.15, -0.1) is 0 Å². The summed E-state index contributed by atoms with van der Waals surface area (Å²) < 4.78 is 0. The van der Waals surface area contributed by atoms with E-state index >= 15 is 0 Å². The fourth-order valence-corrected chi connectivity index (χ4v) is 1.74. The van der Waals surface area contributed by atoms with Crippen LogP contribution in [0.5, 0.6) is 40.2 Å². The van der Waals surface area contributed by atoms with E-state index < -0.39 is 57.2 Å². The molecule has 0 spiro atoms. The lowest BCUT2D eigenvalue weighted by Crippen LogP contribution is -2.03. The van der Waals surface area contributed by atoms with Crippen LogP contribution >= 0.6 is 0 Å².